The Morgan fingerprint density at radius 2 is 1.96 bits per heavy atom. The van der Waals surface area contributed by atoms with E-state index in [1.807, 2.05) is 19.1 Å². The molecule has 134 valence electrons. The van der Waals surface area contributed by atoms with Gasteiger partial charge in [0.1, 0.15) is 17.2 Å². The highest BCUT2D eigenvalue weighted by molar-refractivity contribution is 6.30. The summed E-state index contributed by atoms with van der Waals surface area (Å²) in [5, 5.41) is 10.7. The van der Waals surface area contributed by atoms with Gasteiger partial charge in [-0.3, -0.25) is 9.89 Å². The van der Waals surface area contributed by atoms with Gasteiger partial charge in [-0.2, -0.15) is 5.10 Å². The van der Waals surface area contributed by atoms with Crippen LogP contribution < -0.4 is 14.8 Å². The summed E-state index contributed by atoms with van der Waals surface area (Å²) in [5.74, 6) is 0.724. The minimum atomic E-state index is -0.308. The summed E-state index contributed by atoms with van der Waals surface area (Å²) in [4.78, 5) is 12.8. The number of H-pyrrole nitrogens is 1. The summed E-state index contributed by atoms with van der Waals surface area (Å²) in [6.07, 6.45) is 0. The predicted molar refractivity (Wildman–Crippen MR) is 101 cm³/mol. The van der Waals surface area contributed by atoms with Crippen molar-refractivity contribution < 1.29 is 14.3 Å². The molecule has 0 radical (unpaired) electrons. The van der Waals surface area contributed by atoms with Crippen LogP contribution in [0.25, 0.3) is 11.3 Å². The summed E-state index contributed by atoms with van der Waals surface area (Å²) < 4.78 is 10.5. The van der Waals surface area contributed by atoms with Crippen molar-refractivity contribution >= 4 is 23.2 Å². The lowest BCUT2D eigenvalue weighted by Gasteiger charge is -2.11. The molecule has 0 saturated heterocycles. The van der Waals surface area contributed by atoms with Crippen LogP contribution in [0.2, 0.25) is 5.02 Å². The number of ether oxygens (including phenoxy) is 2. The maximum atomic E-state index is 12.8. The molecule has 1 aromatic heterocycles. The average molecular weight is 372 g/mol. The molecule has 1 amide bonds. The van der Waals surface area contributed by atoms with Crippen molar-refractivity contribution in [3.63, 3.8) is 0 Å². The monoisotopic (exact) mass is 371 g/mol. The van der Waals surface area contributed by atoms with Crippen molar-refractivity contribution in [2.24, 2.45) is 0 Å². The lowest BCUT2D eigenvalue weighted by atomic mass is 10.1. The largest absolute Gasteiger partial charge is 0.497 e. The number of aromatic amines is 1. The van der Waals surface area contributed by atoms with Crippen molar-refractivity contribution in [2.45, 2.75) is 6.92 Å². The molecular weight excluding hydrogens is 354 g/mol. The summed E-state index contributed by atoms with van der Waals surface area (Å²) in [5.41, 5.74) is 3.14. The number of rotatable bonds is 5. The molecule has 0 saturated carbocycles. The fraction of sp³-hybridized carbons (Fsp3) is 0.158. The van der Waals surface area contributed by atoms with Gasteiger partial charge in [-0.05, 0) is 31.2 Å². The second kappa shape index (κ2) is 7.49. The van der Waals surface area contributed by atoms with Crippen LogP contribution in [0.15, 0.2) is 42.5 Å². The van der Waals surface area contributed by atoms with Crippen LogP contribution in [0, 0.1) is 6.92 Å². The minimum absolute atomic E-state index is 0.308. The molecule has 7 heteroatoms. The number of anilines is 1. The first-order valence-corrected chi connectivity index (χ1v) is 8.25. The van der Waals surface area contributed by atoms with E-state index in [0.29, 0.717) is 33.5 Å². The summed E-state index contributed by atoms with van der Waals surface area (Å²) in [6, 6.07) is 12.3. The summed E-state index contributed by atoms with van der Waals surface area (Å²) in [6.45, 7) is 1.84. The molecule has 26 heavy (non-hydrogen) atoms. The van der Waals surface area contributed by atoms with Crippen LogP contribution in [0.4, 0.5) is 5.69 Å². The Balaban J connectivity index is 1.95. The van der Waals surface area contributed by atoms with Crippen LogP contribution in [0.1, 0.15) is 16.1 Å². The first kappa shape index (κ1) is 17.8. The van der Waals surface area contributed by atoms with E-state index in [1.54, 1.807) is 37.4 Å². The standard InChI is InChI=1S/C19H18ClN3O3/c1-11-17(18(23-22-11)12-5-4-6-13(20)9-12)21-19(24)15-8-7-14(25-2)10-16(15)26-3/h4-10H,1-3H3,(H,21,24)(H,22,23). The van der Waals surface area contributed by atoms with Gasteiger partial charge in [0.2, 0.25) is 0 Å². The third-order valence-corrected chi connectivity index (χ3v) is 4.17. The Labute approximate surface area is 156 Å². The van der Waals surface area contributed by atoms with E-state index in [-0.39, 0.29) is 5.91 Å². The zero-order valence-electron chi connectivity index (χ0n) is 14.6. The third kappa shape index (κ3) is 3.50. The van der Waals surface area contributed by atoms with Crippen molar-refractivity contribution in [2.75, 3.05) is 19.5 Å². The van der Waals surface area contributed by atoms with Gasteiger partial charge in [-0.1, -0.05) is 23.7 Å². The quantitative estimate of drug-likeness (QED) is 0.700. The van der Waals surface area contributed by atoms with E-state index in [2.05, 4.69) is 15.5 Å². The molecule has 0 aliphatic heterocycles. The smallest absolute Gasteiger partial charge is 0.259 e. The zero-order chi connectivity index (χ0) is 18.7. The van der Waals surface area contributed by atoms with E-state index in [1.165, 1.54) is 7.11 Å². The molecule has 2 N–H and O–H groups in total. The van der Waals surface area contributed by atoms with Crippen LogP contribution in [0.5, 0.6) is 11.5 Å². The van der Waals surface area contributed by atoms with Crippen LogP contribution in [0.3, 0.4) is 0 Å². The van der Waals surface area contributed by atoms with E-state index >= 15 is 0 Å². The Kier molecular flexibility index (Phi) is 5.14. The van der Waals surface area contributed by atoms with Gasteiger partial charge in [-0.25, -0.2) is 0 Å². The van der Waals surface area contributed by atoms with Crippen molar-refractivity contribution in [3.8, 4) is 22.8 Å². The number of carbonyl (C=O) groups excluding carboxylic acids is 1. The highest BCUT2D eigenvalue weighted by Gasteiger charge is 2.19. The van der Waals surface area contributed by atoms with Gasteiger partial charge in [0, 0.05) is 16.7 Å². The normalized spacial score (nSPS) is 10.5. The number of nitrogens with zero attached hydrogens (tertiary/aromatic N) is 1. The van der Waals surface area contributed by atoms with Crippen LogP contribution in [-0.4, -0.2) is 30.3 Å². The Hall–Kier alpha value is -2.99. The van der Waals surface area contributed by atoms with E-state index in [4.69, 9.17) is 21.1 Å². The molecule has 2 aromatic carbocycles. The third-order valence-electron chi connectivity index (χ3n) is 3.94. The number of methoxy groups -OCH3 is 2. The van der Waals surface area contributed by atoms with Crippen LogP contribution in [-0.2, 0) is 0 Å². The summed E-state index contributed by atoms with van der Waals surface area (Å²) in [7, 11) is 3.06. The number of halogens is 1. The fourth-order valence-corrected chi connectivity index (χ4v) is 2.78. The maximum Gasteiger partial charge on any atom is 0.259 e. The number of hydrogen-bond acceptors (Lipinski definition) is 4. The van der Waals surface area contributed by atoms with E-state index in [9.17, 15) is 4.79 Å². The lowest BCUT2D eigenvalue weighted by molar-refractivity contribution is 0.102. The second-order valence-corrected chi connectivity index (χ2v) is 6.04. The highest BCUT2D eigenvalue weighted by atomic mass is 35.5. The molecule has 0 spiro atoms. The van der Waals surface area contributed by atoms with Gasteiger partial charge in [0.05, 0.1) is 31.2 Å². The number of aryl methyl sites for hydroxylation is 1. The Morgan fingerprint density at radius 3 is 2.65 bits per heavy atom. The summed E-state index contributed by atoms with van der Waals surface area (Å²) >= 11 is 6.07. The Morgan fingerprint density at radius 1 is 1.15 bits per heavy atom. The minimum Gasteiger partial charge on any atom is -0.497 e. The number of amides is 1. The molecular formula is C19H18ClN3O3. The number of hydrogen-bond donors (Lipinski definition) is 2. The molecule has 0 aliphatic carbocycles. The molecule has 6 nitrogen and oxygen atoms in total. The molecule has 0 aliphatic rings. The first-order chi connectivity index (χ1) is 12.5. The number of aromatic nitrogens is 2. The molecule has 0 fully saturated rings. The molecule has 0 unspecified atom stereocenters. The maximum absolute atomic E-state index is 12.8. The van der Waals surface area contributed by atoms with Crippen LogP contribution >= 0.6 is 11.6 Å². The Bertz CT molecular complexity index is 953. The van der Waals surface area contributed by atoms with Gasteiger partial charge in [-0.15, -0.1) is 0 Å². The second-order valence-electron chi connectivity index (χ2n) is 5.60. The van der Waals surface area contributed by atoms with Gasteiger partial charge in [0.15, 0.2) is 0 Å². The van der Waals surface area contributed by atoms with Crippen molar-refractivity contribution in [3.05, 3.63) is 58.7 Å². The predicted octanol–water partition coefficient (Wildman–Crippen LogP) is 4.31. The first-order valence-electron chi connectivity index (χ1n) is 7.87. The number of benzene rings is 2. The lowest BCUT2D eigenvalue weighted by Crippen LogP contribution is -2.14. The van der Waals surface area contributed by atoms with Gasteiger partial charge >= 0.3 is 0 Å². The van der Waals surface area contributed by atoms with E-state index < -0.39 is 0 Å². The highest BCUT2D eigenvalue weighted by Crippen LogP contribution is 2.31. The molecule has 1 heterocycles. The SMILES string of the molecule is COc1ccc(C(=O)Nc2c(-c3cccc(Cl)c3)n[nH]c2C)c(OC)c1. The topological polar surface area (TPSA) is 76.2 Å². The van der Waals surface area contributed by atoms with Crippen molar-refractivity contribution in [1.82, 2.24) is 10.2 Å². The van der Waals surface area contributed by atoms with E-state index in [0.717, 1.165) is 11.3 Å². The molecule has 3 aromatic rings. The fourth-order valence-electron chi connectivity index (χ4n) is 2.59. The molecule has 0 bridgehead atoms. The molecule has 3 rings (SSSR count). The number of carbonyl (C=O) groups is 1. The van der Waals surface area contributed by atoms with Crippen molar-refractivity contribution in [1.29, 1.82) is 0 Å². The van der Waals surface area contributed by atoms with Gasteiger partial charge in [0.25, 0.3) is 5.91 Å². The molecule has 0 atom stereocenters. The zero-order valence-corrected chi connectivity index (χ0v) is 15.3. The van der Waals surface area contributed by atoms with Gasteiger partial charge < -0.3 is 14.8 Å². The number of nitrogens with one attached hydrogen (secondary N) is 2. The average Bonchev–Trinajstić information content (AvgIpc) is 3.01.